The van der Waals surface area contributed by atoms with E-state index in [4.69, 9.17) is 4.74 Å². The summed E-state index contributed by atoms with van der Waals surface area (Å²) in [5.74, 6) is 2.70. The minimum absolute atomic E-state index is 0.757. The van der Waals surface area contributed by atoms with Crippen LogP contribution < -0.4 is 5.32 Å². The van der Waals surface area contributed by atoms with Crippen molar-refractivity contribution in [3.63, 3.8) is 0 Å². The van der Waals surface area contributed by atoms with Gasteiger partial charge in [-0.3, -0.25) is 4.90 Å². The Bertz CT molecular complexity index is 299. The highest BCUT2D eigenvalue weighted by molar-refractivity contribution is 4.98. The zero-order valence-corrected chi connectivity index (χ0v) is 13.3. The molecule has 3 heteroatoms. The van der Waals surface area contributed by atoms with Gasteiger partial charge in [-0.25, -0.2) is 0 Å². The summed E-state index contributed by atoms with van der Waals surface area (Å²) in [6, 6.07) is 1.55. The minimum atomic E-state index is 0.757. The van der Waals surface area contributed by atoms with Crippen LogP contribution in [0.2, 0.25) is 0 Å². The molecule has 1 aliphatic heterocycles. The second-order valence-corrected chi connectivity index (χ2v) is 7.55. The fourth-order valence-corrected chi connectivity index (χ4v) is 3.47. The van der Waals surface area contributed by atoms with Crippen LogP contribution in [0.5, 0.6) is 0 Å². The lowest BCUT2D eigenvalue weighted by Crippen LogP contribution is -2.58. The molecule has 0 aromatic rings. The molecule has 0 spiro atoms. The Labute approximate surface area is 124 Å². The van der Waals surface area contributed by atoms with Crippen LogP contribution in [0, 0.1) is 17.8 Å². The summed E-state index contributed by atoms with van der Waals surface area (Å²) in [5, 5.41) is 3.82. The Morgan fingerprint density at radius 1 is 1.10 bits per heavy atom. The first-order chi connectivity index (χ1) is 9.74. The molecular formula is C17H32N2O. The Hall–Kier alpha value is -0.120. The van der Waals surface area contributed by atoms with Crippen molar-refractivity contribution < 1.29 is 4.74 Å². The third-order valence-electron chi connectivity index (χ3n) is 5.21. The van der Waals surface area contributed by atoms with Crippen LogP contribution in [-0.2, 0) is 4.74 Å². The molecule has 1 saturated heterocycles. The van der Waals surface area contributed by atoms with Crippen LogP contribution in [-0.4, -0.2) is 49.8 Å². The summed E-state index contributed by atoms with van der Waals surface area (Å²) in [5.41, 5.74) is 0. The molecular weight excluding hydrogens is 248 g/mol. The van der Waals surface area contributed by atoms with Crippen LogP contribution in [0.15, 0.2) is 0 Å². The normalized spacial score (nSPS) is 31.9. The lowest BCUT2D eigenvalue weighted by Gasteiger charge is -2.41. The Morgan fingerprint density at radius 2 is 1.85 bits per heavy atom. The molecule has 3 aliphatic rings. The fraction of sp³-hybridized carbons (Fsp3) is 1.00. The van der Waals surface area contributed by atoms with Gasteiger partial charge >= 0.3 is 0 Å². The molecule has 3 fully saturated rings. The summed E-state index contributed by atoms with van der Waals surface area (Å²) >= 11 is 0. The van der Waals surface area contributed by atoms with Crippen LogP contribution in [0.1, 0.15) is 46.0 Å². The second-order valence-electron chi connectivity index (χ2n) is 7.55. The van der Waals surface area contributed by atoms with Gasteiger partial charge in [-0.1, -0.05) is 13.8 Å². The molecule has 2 saturated carbocycles. The SMILES string of the molecule is CC(C)CCOCCN1CC(C2CC2)NCC1C1CC1. The van der Waals surface area contributed by atoms with Crippen molar-refractivity contribution in [2.75, 3.05) is 32.8 Å². The van der Waals surface area contributed by atoms with E-state index in [0.29, 0.717) is 0 Å². The van der Waals surface area contributed by atoms with Crippen LogP contribution >= 0.6 is 0 Å². The number of hydrogen-bond donors (Lipinski definition) is 1. The van der Waals surface area contributed by atoms with E-state index in [0.717, 1.165) is 49.6 Å². The van der Waals surface area contributed by atoms with Gasteiger partial charge in [-0.2, -0.15) is 0 Å². The van der Waals surface area contributed by atoms with Gasteiger partial charge in [0.15, 0.2) is 0 Å². The van der Waals surface area contributed by atoms with Crippen LogP contribution in [0.4, 0.5) is 0 Å². The number of ether oxygens (including phenoxy) is 1. The summed E-state index contributed by atoms with van der Waals surface area (Å²) in [7, 11) is 0. The first-order valence-electron chi connectivity index (χ1n) is 8.79. The number of rotatable bonds is 8. The third-order valence-corrected chi connectivity index (χ3v) is 5.21. The molecule has 0 aromatic heterocycles. The van der Waals surface area contributed by atoms with Gasteiger partial charge in [0.2, 0.25) is 0 Å². The molecule has 1 heterocycles. The standard InChI is InChI=1S/C17H32N2O/c1-13(2)7-9-20-10-8-19-12-16(14-3-4-14)18-11-17(19)15-5-6-15/h13-18H,3-12H2,1-2H3. The monoisotopic (exact) mass is 280 g/mol. The number of nitrogens with zero attached hydrogens (tertiary/aromatic N) is 1. The zero-order chi connectivity index (χ0) is 13.9. The predicted octanol–water partition coefficient (Wildman–Crippen LogP) is 2.51. The lowest BCUT2D eigenvalue weighted by atomic mass is 10.0. The third kappa shape index (κ3) is 4.19. The van der Waals surface area contributed by atoms with Crippen LogP contribution in [0.25, 0.3) is 0 Å². The van der Waals surface area contributed by atoms with Crippen molar-refractivity contribution >= 4 is 0 Å². The summed E-state index contributed by atoms with van der Waals surface area (Å²) in [6.07, 6.45) is 6.99. The zero-order valence-electron chi connectivity index (χ0n) is 13.3. The average molecular weight is 280 g/mol. The van der Waals surface area contributed by atoms with E-state index in [2.05, 4.69) is 24.1 Å². The van der Waals surface area contributed by atoms with Crippen molar-refractivity contribution in [1.29, 1.82) is 0 Å². The van der Waals surface area contributed by atoms with E-state index in [1.807, 2.05) is 0 Å². The molecule has 2 unspecified atom stereocenters. The van der Waals surface area contributed by atoms with Gasteiger partial charge in [0.25, 0.3) is 0 Å². The van der Waals surface area contributed by atoms with Crippen molar-refractivity contribution in [1.82, 2.24) is 10.2 Å². The number of piperazine rings is 1. The van der Waals surface area contributed by atoms with E-state index in [-0.39, 0.29) is 0 Å². The Balaban J connectivity index is 1.40. The average Bonchev–Trinajstić information content (AvgIpc) is 3.29. The first kappa shape index (κ1) is 14.8. The van der Waals surface area contributed by atoms with E-state index in [9.17, 15) is 0 Å². The van der Waals surface area contributed by atoms with E-state index in [1.165, 1.54) is 45.2 Å². The predicted molar refractivity (Wildman–Crippen MR) is 82.9 cm³/mol. The van der Waals surface area contributed by atoms with Crippen LogP contribution in [0.3, 0.4) is 0 Å². The maximum atomic E-state index is 5.84. The molecule has 3 rings (SSSR count). The molecule has 0 radical (unpaired) electrons. The van der Waals surface area contributed by atoms with Crippen molar-refractivity contribution in [2.45, 2.75) is 58.0 Å². The lowest BCUT2D eigenvalue weighted by molar-refractivity contribution is 0.0522. The highest BCUT2D eigenvalue weighted by atomic mass is 16.5. The van der Waals surface area contributed by atoms with Gasteiger partial charge < -0.3 is 10.1 Å². The smallest absolute Gasteiger partial charge is 0.0593 e. The quantitative estimate of drug-likeness (QED) is 0.692. The number of nitrogens with one attached hydrogen (secondary N) is 1. The molecule has 0 aromatic carbocycles. The summed E-state index contributed by atoms with van der Waals surface area (Å²) < 4.78 is 5.84. The molecule has 0 bridgehead atoms. The van der Waals surface area contributed by atoms with E-state index < -0.39 is 0 Å². The van der Waals surface area contributed by atoms with Crippen molar-refractivity contribution in [3.8, 4) is 0 Å². The molecule has 20 heavy (non-hydrogen) atoms. The second kappa shape index (κ2) is 6.76. The Morgan fingerprint density at radius 3 is 2.50 bits per heavy atom. The maximum absolute atomic E-state index is 5.84. The van der Waals surface area contributed by atoms with Gasteiger partial charge in [-0.05, 0) is 49.9 Å². The summed E-state index contributed by atoms with van der Waals surface area (Å²) in [6.45, 7) is 10.0. The summed E-state index contributed by atoms with van der Waals surface area (Å²) in [4.78, 5) is 2.74. The van der Waals surface area contributed by atoms with Gasteiger partial charge in [0.05, 0.1) is 6.61 Å². The van der Waals surface area contributed by atoms with Gasteiger partial charge in [0, 0.05) is 38.3 Å². The first-order valence-corrected chi connectivity index (χ1v) is 8.79. The molecule has 2 atom stereocenters. The fourth-order valence-electron chi connectivity index (χ4n) is 3.47. The van der Waals surface area contributed by atoms with E-state index >= 15 is 0 Å². The molecule has 3 nitrogen and oxygen atoms in total. The van der Waals surface area contributed by atoms with E-state index in [1.54, 1.807) is 0 Å². The van der Waals surface area contributed by atoms with Crippen molar-refractivity contribution in [2.24, 2.45) is 17.8 Å². The molecule has 2 aliphatic carbocycles. The maximum Gasteiger partial charge on any atom is 0.0593 e. The number of hydrogen-bond acceptors (Lipinski definition) is 3. The highest BCUT2D eigenvalue weighted by Crippen LogP contribution is 2.39. The highest BCUT2D eigenvalue weighted by Gasteiger charge is 2.42. The topological polar surface area (TPSA) is 24.5 Å². The molecule has 0 amide bonds. The molecule has 1 N–H and O–H groups in total. The Kier molecular flexibility index (Phi) is 5.00. The largest absolute Gasteiger partial charge is 0.380 e. The minimum Gasteiger partial charge on any atom is -0.380 e. The molecule has 116 valence electrons. The van der Waals surface area contributed by atoms with Gasteiger partial charge in [0.1, 0.15) is 0 Å². The van der Waals surface area contributed by atoms with Gasteiger partial charge in [-0.15, -0.1) is 0 Å². The van der Waals surface area contributed by atoms with Crippen molar-refractivity contribution in [3.05, 3.63) is 0 Å².